The number of ether oxygens (including phenoxy) is 1. The number of amides is 1. The van der Waals surface area contributed by atoms with E-state index in [2.05, 4.69) is 23.5 Å². The predicted molar refractivity (Wildman–Crippen MR) is 127 cm³/mol. The number of rotatable bonds is 7. The molecule has 0 saturated heterocycles. The van der Waals surface area contributed by atoms with E-state index in [1.165, 1.54) is 11.1 Å². The molecule has 1 aliphatic carbocycles. The maximum atomic E-state index is 12.6. The van der Waals surface area contributed by atoms with E-state index >= 15 is 0 Å². The fourth-order valence-electron chi connectivity index (χ4n) is 3.93. The van der Waals surface area contributed by atoms with Gasteiger partial charge in [0.25, 0.3) is 5.91 Å². The van der Waals surface area contributed by atoms with Crippen molar-refractivity contribution >= 4 is 12.0 Å². The molecular weight excluding hydrogens is 398 g/mol. The molecule has 4 rings (SSSR count). The van der Waals surface area contributed by atoms with Crippen molar-refractivity contribution in [3.05, 3.63) is 107 Å². The zero-order valence-electron chi connectivity index (χ0n) is 18.2. The SMILES string of the molecule is O=C(NCC1(O)CCC(=Cc2ccccc2)CC1)c1ccc(OCc2ccccc2)cc1. The molecule has 0 bridgehead atoms. The molecule has 1 saturated carbocycles. The Morgan fingerprint density at radius 1 is 0.906 bits per heavy atom. The molecule has 4 heteroatoms. The zero-order chi connectivity index (χ0) is 22.2. The van der Waals surface area contributed by atoms with Gasteiger partial charge in [0, 0.05) is 12.1 Å². The van der Waals surface area contributed by atoms with E-state index in [-0.39, 0.29) is 12.5 Å². The number of benzene rings is 3. The normalized spacial score (nSPS) is 18.1. The van der Waals surface area contributed by atoms with Crippen LogP contribution in [-0.4, -0.2) is 23.2 Å². The summed E-state index contributed by atoms with van der Waals surface area (Å²) in [6, 6.07) is 27.3. The van der Waals surface area contributed by atoms with E-state index in [0.29, 0.717) is 30.8 Å². The first-order chi connectivity index (χ1) is 15.6. The van der Waals surface area contributed by atoms with Gasteiger partial charge in [-0.3, -0.25) is 4.79 Å². The Hall–Kier alpha value is -3.37. The van der Waals surface area contributed by atoms with Crippen LogP contribution in [0.1, 0.15) is 47.2 Å². The van der Waals surface area contributed by atoms with Crippen molar-refractivity contribution in [2.24, 2.45) is 0 Å². The van der Waals surface area contributed by atoms with Gasteiger partial charge in [0.05, 0.1) is 5.60 Å². The number of nitrogens with one attached hydrogen (secondary N) is 1. The molecule has 1 amide bonds. The number of hydrogen-bond acceptors (Lipinski definition) is 3. The van der Waals surface area contributed by atoms with E-state index < -0.39 is 5.60 Å². The molecule has 0 aliphatic heterocycles. The fourth-order valence-corrected chi connectivity index (χ4v) is 3.93. The lowest BCUT2D eigenvalue weighted by Gasteiger charge is -2.33. The van der Waals surface area contributed by atoms with Crippen LogP contribution in [0.5, 0.6) is 5.75 Å². The van der Waals surface area contributed by atoms with Crippen LogP contribution in [0.3, 0.4) is 0 Å². The highest BCUT2D eigenvalue weighted by Crippen LogP contribution is 2.32. The lowest BCUT2D eigenvalue weighted by molar-refractivity contribution is 0.0146. The molecule has 1 aliphatic rings. The molecule has 0 radical (unpaired) electrons. The van der Waals surface area contributed by atoms with Gasteiger partial charge in [-0.2, -0.15) is 0 Å². The second-order valence-corrected chi connectivity index (χ2v) is 8.42. The molecule has 3 aromatic rings. The Balaban J connectivity index is 1.25. The van der Waals surface area contributed by atoms with Gasteiger partial charge in [0.2, 0.25) is 0 Å². The van der Waals surface area contributed by atoms with Gasteiger partial charge in [-0.25, -0.2) is 0 Å². The monoisotopic (exact) mass is 427 g/mol. The minimum atomic E-state index is -0.859. The van der Waals surface area contributed by atoms with Gasteiger partial charge in [0.15, 0.2) is 0 Å². The van der Waals surface area contributed by atoms with Crippen LogP contribution in [0, 0.1) is 0 Å². The maximum Gasteiger partial charge on any atom is 0.251 e. The van der Waals surface area contributed by atoms with Crippen molar-refractivity contribution in [3.63, 3.8) is 0 Å². The molecule has 0 atom stereocenters. The summed E-state index contributed by atoms with van der Waals surface area (Å²) in [6.45, 7) is 0.747. The maximum absolute atomic E-state index is 12.6. The standard InChI is InChI=1S/C28H29NO3/c30-27(25-11-13-26(14-12-25)32-20-24-9-5-2-6-10-24)29-21-28(31)17-15-23(16-18-28)19-22-7-3-1-4-8-22/h1-14,19,31H,15-18,20-21H2,(H,29,30). The molecule has 0 unspecified atom stereocenters. The molecular formula is C28H29NO3. The van der Waals surface area contributed by atoms with E-state index in [1.54, 1.807) is 24.3 Å². The molecule has 2 N–H and O–H groups in total. The second-order valence-electron chi connectivity index (χ2n) is 8.42. The second kappa shape index (κ2) is 10.3. The highest BCUT2D eigenvalue weighted by molar-refractivity contribution is 5.94. The third-order valence-corrected chi connectivity index (χ3v) is 5.94. The summed E-state index contributed by atoms with van der Waals surface area (Å²) >= 11 is 0. The van der Waals surface area contributed by atoms with Crippen LogP contribution < -0.4 is 10.1 Å². The topological polar surface area (TPSA) is 58.6 Å². The minimum absolute atomic E-state index is 0.182. The van der Waals surface area contributed by atoms with Crippen LogP contribution in [0.2, 0.25) is 0 Å². The van der Waals surface area contributed by atoms with Gasteiger partial charge < -0.3 is 15.2 Å². The lowest BCUT2D eigenvalue weighted by atomic mass is 9.81. The molecule has 32 heavy (non-hydrogen) atoms. The number of allylic oxidation sites excluding steroid dienone is 1. The summed E-state index contributed by atoms with van der Waals surface area (Å²) in [5.74, 6) is 0.535. The van der Waals surface area contributed by atoms with Crippen LogP contribution in [0.15, 0.2) is 90.5 Å². The van der Waals surface area contributed by atoms with Crippen molar-refractivity contribution in [3.8, 4) is 5.75 Å². The van der Waals surface area contributed by atoms with Gasteiger partial charge in [-0.15, -0.1) is 0 Å². The van der Waals surface area contributed by atoms with Gasteiger partial charge in [0.1, 0.15) is 12.4 Å². The van der Waals surface area contributed by atoms with Gasteiger partial charge in [-0.05, 0) is 61.1 Å². The first-order valence-electron chi connectivity index (χ1n) is 11.1. The van der Waals surface area contributed by atoms with Gasteiger partial charge in [-0.1, -0.05) is 72.3 Å². The highest BCUT2D eigenvalue weighted by atomic mass is 16.5. The van der Waals surface area contributed by atoms with Crippen LogP contribution in [-0.2, 0) is 6.61 Å². The summed E-state index contributed by atoms with van der Waals surface area (Å²) in [6.07, 6.45) is 5.19. The lowest BCUT2D eigenvalue weighted by Crippen LogP contribution is -2.44. The van der Waals surface area contributed by atoms with Crippen molar-refractivity contribution in [1.82, 2.24) is 5.32 Å². The van der Waals surface area contributed by atoms with E-state index in [4.69, 9.17) is 4.74 Å². The number of aliphatic hydroxyl groups is 1. The predicted octanol–water partition coefficient (Wildman–Crippen LogP) is 5.38. The van der Waals surface area contributed by atoms with Crippen LogP contribution in [0.4, 0.5) is 0 Å². The first-order valence-corrected chi connectivity index (χ1v) is 11.1. The number of carbonyl (C=O) groups is 1. The van der Waals surface area contributed by atoms with E-state index in [1.807, 2.05) is 48.5 Å². The fraction of sp³-hybridized carbons (Fsp3) is 0.250. The van der Waals surface area contributed by atoms with Crippen molar-refractivity contribution in [2.75, 3.05) is 6.54 Å². The molecule has 0 aromatic heterocycles. The summed E-state index contributed by atoms with van der Waals surface area (Å²) in [4.78, 5) is 12.6. The third-order valence-electron chi connectivity index (χ3n) is 5.94. The average Bonchev–Trinajstić information content (AvgIpc) is 2.85. The first kappa shape index (κ1) is 21.8. The Morgan fingerprint density at radius 2 is 1.53 bits per heavy atom. The van der Waals surface area contributed by atoms with E-state index in [9.17, 15) is 9.90 Å². The Morgan fingerprint density at radius 3 is 2.19 bits per heavy atom. The molecule has 3 aromatic carbocycles. The smallest absolute Gasteiger partial charge is 0.251 e. The summed E-state index contributed by atoms with van der Waals surface area (Å²) in [5.41, 5.74) is 3.33. The quantitative estimate of drug-likeness (QED) is 0.532. The summed E-state index contributed by atoms with van der Waals surface area (Å²) in [7, 11) is 0. The van der Waals surface area contributed by atoms with Crippen molar-refractivity contribution in [1.29, 1.82) is 0 Å². The minimum Gasteiger partial charge on any atom is -0.489 e. The van der Waals surface area contributed by atoms with E-state index in [0.717, 1.165) is 18.4 Å². The number of hydrogen-bond donors (Lipinski definition) is 2. The van der Waals surface area contributed by atoms with Crippen molar-refractivity contribution in [2.45, 2.75) is 37.9 Å². The van der Waals surface area contributed by atoms with Gasteiger partial charge >= 0.3 is 0 Å². The zero-order valence-corrected chi connectivity index (χ0v) is 18.2. The summed E-state index contributed by atoms with van der Waals surface area (Å²) < 4.78 is 5.77. The van der Waals surface area contributed by atoms with Crippen LogP contribution in [0.25, 0.3) is 6.08 Å². The largest absolute Gasteiger partial charge is 0.489 e. The molecule has 1 fully saturated rings. The van der Waals surface area contributed by atoms with Crippen LogP contribution >= 0.6 is 0 Å². The van der Waals surface area contributed by atoms with Crippen molar-refractivity contribution < 1.29 is 14.6 Å². The summed E-state index contributed by atoms with van der Waals surface area (Å²) in [5, 5.41) is 13.8. The molecule has 0 heterocycles. The number of carbonyl (C=O) groups excluding carboxylic acids is 1. The molecule has 0 spiro atoms. The Labute approximate surface area is 189 Å². The average molecular weight is 428 g/mol. The highest BCUT2D eigenvalue weighted by Gasteiger charge is 2.31. The Bertz CT molecular complexity index is 1030. The Kier molecular flexibility index (Phi) is 7.03. The molecule has 4 nitrogen and oxygen atoms in total. The third kappa shape index (κ3) is 6.08. The molecule has 164 valence electrons.